The second-order valence-electron chi connectivity index (χ2n) is 6.87. The van der Waals surface area contributed by atoms with Crippen molar-refractivity contribution < 1.29 is 5.11 Å². The van der Waals surface area contributed by atoms with E-state index in [4.69, 9.17) is 4.98 Å². The largest absolute Gasteiger partial charge is 0.387 e. The first-order chi connectivity index (χ1) is 11.1. The first-order valence-corrected chi connectivity index (χ1v) is 8.66. The Bertz CT molecular complexity index is 658. The molecule has 1 fully saturated rings. The van der Waals surface area contributed by atoms with Crippen LogP contribution in [0.4, 0.5) is 0 Å². The van der Waals surface area contributed by atoms with Gasteiger partial charge in [0.25, 0.3) is 0 Å². The fourth-order valence-electron chi connectivity index (χ4n) is 3.29. The molecule has 1 aliphatic heterocycles. The molecule has 1 saturated heterocycles. The van der Waals surface area contributed by atoms with E-state index in [1.807, 2.05) is 0 Å². The first-order valence-electron chi connectivity index (χ1n) is 8.66. The fraction of sp³-hybridized carbons (Fsp3) is 0.611. The third kappa shape index (κ3) is 3.91. The average Bonchev–Trinajstić information content (AvgIpc) is 2.95. The Labute approximate surface area is 137 Å². The molecule has 2 aromatic rings. The smallest absolute Gasteiger partial charge is 0.107 e. The van der Waals surface area contributed by atoms with Gasteiger partial charge in [0.2, 0.25) is 0 Å². The summed E-state index contributed by atoms with van der Waals surface area (Å²) in [6, 6.07) is 4.25. The number of benzene rings is 1. The van der Waals surface area contributed by atoms with Crippen LogP contribution >= 0.6 is 0 Å². The molecule has 0 aliphatic carbocycles. The van der Waals surface area contributed by atoms with Gasteiger partial charge in [0.1, 0.15) is 5.82 Å². The van der Waals surface area contributed by atoms with Crippen molar-refractivity contribution in [2.24, 2.45) is 0 Å². The van der Waals surface area contributed by atoms with Gasteiger partial charge in [-0.3, -0.25) is 0 Å². The molecule has 126 valence electrons. The number of piperidine rings is 1. The highest BCUT2D eigenvalue weighted by Gasteiger charge is 2.28. The topological polar surface area (TPSA) is 73.0 Å². The normalized spacial score (nSPS) is 21.9. The molecule has 3 rings (SSSR count). The molecule has 1 aliphatic rings. The van der Waals surface area contributed by atoms with E-state index in [-0.39, 0.29) is 0 Å². The number of aryl methyl sites for hydroxylation is 3. The lowest BCUT2D eigenvalue weighted by Gasteiger charge is -2.32. The second-order valence-corrected chi connectivity index (χ2v) is 6.87. The van der Waals surface area contributed by atoms with Crippen molar-refractivity contribution in [1.82, 2.24) is 20.6 Å². The molecule has 0 amide bonds. The summed E-state index contributed by atoms with van der Waals surface area (Å²) < 4.78 is 0. The van der Waals surface area contributed by atoms with E-state index >= 15 is 0 Å². The van der Waals surface area contributed by atoms with Crippen LogP contribution in [0.3, 0.4) is 0 Å². The van der Waals surface area contributed by atoms with Gasteiger partial charge >= 0.3 is 0 Å². The summed E-state index contributed by atoms with van der Waals surface area (Å²) in [6.07, 6.45) is 3.88. The van der Waals surface area contributed by atoms with Crippen molar-refractivity contribution in [2.45, 2.75) is 45.1 Å². The molecule has 0 bridgehead atoms. The highest BCUT2D eigenvalue weighted by atomic mass is 16.3. The van der Waals surface area contributed by atoms with Gasteiger partial charge < -0.3 is 20.7 Å². The Hall–Kier alpha value is -1.43. The summed E-state index contributed by atoms with van der Waals surface area (Å²) in [5.41, 5.74) is 4.18. The molecule has 0 radical (unpaired) electrons. The number of aromatic amines is 1. The molecular formula is C18H28N4O. The molecule has 0 spiro atoms. The second kappa shape index (κ2) is 6.99. The molecule has 1 aromatic heterocycles. The zero-order valence-electron chi connectivity index (χ0n) is 14.2. The lowest BCUT2D eigenvalue weighted by atomic mass is 9.94. The van der Waals surface area contributed by atoms with Crippen molar-refractivity contribution in [3.05, 3.63) is 29.1 Å². The number of aromatic nitrogens is 2. The predicted molar refractivity (Wildman–Crippen MR) is 93.8 cm³/mol. The average molecular weight is 316 g/mol. The summed E-state index contributed by atoms with van der Waals surface area (Å²) in [6.45, 7) is 7.53. The number of imidazole rings is 1. The van der Waals surface area contributed by atoms with Crippen LogP contribution in [0.1, 0.15) is 36.2 Å². The number of β-amino-alcohol motifs (C(OH)–C–C–N with tert-alkyl or cyclic N) is 1. The van der Waals surface area contributed by atoms with Crippen LogP contribution in [0.15, 0.2) is 12.1 Å². The number of H-pyrrole nitrogens is 1. The van der Waals surface area contributed by atoms with Gasteiger partial charge in [0.15, 0.2) is 0 Å². The lowest BCUT2D eigenvalue weighted by Crippen LogP contribution is -2.52. The SMILES string of the molecule is Cc1ccc2[nH]c(CCCNC[C@]3(O)CCCNC3)nc2c1C. The van der Waals surface area contributed by atoms with Crippen molar-refractivity contribution >= 4 is 11.0 Å². The minimum absolute atomic E-state index is 0.577. The van der Waals surface area contributed by atoms with Crippen LogP contribution in [0.5, 0.6) is 0 Å². The third-order valence-electron chi connectivity index (χ3n) is 4.90. The Morgan fingerprint density at radius 3 is 3.00 bits per heavy atom. The minimum Gasteiger partial charge on any atom is -0.387 e. The zero-order chi connectivity index (χ0) is 16.3. The Morgan fingerprint density at radius 1 is 1.35 bits per heavy atom. The summed E-state index contributed by atoms with van der Waals surface area (Å²) in [7, 11) is 0. The molecule has 5 heteroatoms. The molecule has 1 aromatic carbocycles. The highest BCUT2D eigenvalue weighted by Crippen LogP contribution is 2.19. The molecule has 23 heavy (non-hydrogen) atoms. The number of nitrogens with zero attached hydrogens (tertiary/aromatic N) is 1. The van der Waals surface area contributed by atoms with E-state index in [9.17, 15) is 5.11 Å². The van der Waals surface area contributed by atoms with Gasteiger partial charge in [-0.15, -0.1) is 0 Å². The standard InChI is InChI=1S/C18H28N4O/c1-13-6-7-15-17(14(13)2)22-16(21-15)5-3-9-19-11-18(23)8-4-10-20-12-18/h6-7,19-20,23H,3-5,8-12H2,1-2H3,(H,21,22)/t18-/m1/s1. The quantitative estimate of drug-likeness (QED) is 0.613. The maximum absolute atomic E-state index is 10.4. The van der Waals surface area contributed by atoms with Crippen LogP contribution in [0, 0.1) is 13.8 Å². The van der Waals surface area contributed by atoms with Gasteiger partial charge in [-0.25, -0.2) is 4.98 Å². The number of hydrogen-bond acceptors (Lipinski definition) is 4. The van der Waals surface area contributed by atoms with Gasteiger partial charge in [-0.2, -0.15) is 0 Å². The molecule has 5 nitrogen and oxygen atoms in total. The number of nitrogens with one attached hydrogen (secondary N) is 3. The van der Waals surface area contributed by atoms with E-state index in [1.54, 1.807) is 0 Å². The van der Waals surface area contributed by atoms with E-state index in [2.05, 4.69) is 41.6 Å². The highest BCUT2D eigenvalue weighted by molar-refractivity contribution is 5.79. The van der Waals surface area contributed by atoms with Crippen molar-refractivity contribution in [3.63, 3.8) is 0 Å². The summed E-state index contributed by atoms with van der Waals surface area (Å²) in [5.74, 6) is 1.05. The third-order valence-corrected chi connectivity index (χ3v) is 4.90. The lowest BCUT2D eigenvalue weighted by molar-refractivity contribution is 0.0173. The van der Waals surface area contributed by atoms with E-state index in [0.29, 0.717) is 13.1 Å². The molecule has 2 heterocycles. The monoisotopic (exact) mass is 316 g/mol. The van der Waals surface area contributed by atoms with Gasteiger partial charge in [-0.1, -0.05) is 6.07 Å². The van der Waals surface area contributed by atoms with E-state index < -0.39 is 5.60 Å². The number of aliphatic hydroxyl groups is 1. The van der Waals surface area contributed by atoms with Crippen LogP contribution < -0.4 is 10.6 Å². The molecule has 4 N–H and O–H groups in total. The Kier molecular flexibility index (Phi) is 4.99. The van der Waals surface area contributed by atoms with Crippen molar-refractivity contribution in [1.29, 1.82) is 0 Å². The van der Waals surface area contributed by atoms with Crippen LogP contribution in [0.25, 0.3) is 11.0 Å². The Morgan fingerprint density at radius 2 is 2.22 bits per heavy atom. The molecule has 1 atom stereocenters. The van der Waals surface area contributed by atoms with Crippen LogP contribution in [-0.2, 0) is 6.42 Å². The number of fused-ring (bicyclic) bond motifs is 1. The fourth-order valence-corrected chi connectivity index (χ4v) is 3.29. The number of rotatable bonds is 6. The summed E-state index contributed by atoms with van der Waals surface area (Å²) in [5, 5.41) is 17.0. The van der Waals surface area contributed by atoms with Crippen LogP contribution in [-0.4, -0.2) is 46.9 Å². The van der Waals surface area contributed by atoms with Crippen LogP contribution in [0.2, 0.25) is 0 Å². The summed E-state index contributed by atoms with van der Waals surface area (Å²) >= 11 is 0. The predicted octanol–water partition coefficient (Wildman–Crippen LogP) is 1.82. The maximum atomic E-state index is 10.4. The molecule has 0 unspecified atom stereocenters. The van der Waals surface area contributed by atoms with E-state index in [0.717, 1.165) is 55.6 Å². The van der Waals surface area contributed by atoms with Gasteiger partial charge in [0, 0.05) is 19.5 Å². The maximum Gasteiger partial charge on any atom is 0.107 e. The molecular weight excluding hydrogens is 288 g/mol. The number of hydrogen-bond donors (Lipinski definition) is 4. The minimum atomic E-state index is -0.577. The Balaban J connectivity index is 1.46. The van der Waals surface area contributed by atoms with Gasteiger partial charge in [-0.05, 0) is 63.4 Å². The zero-order valence-corrected chi connectivity index (χ0v) is 14.2. The van der Waals surface area contributed by atoms with Crippen molar-refractivity contribution in [2.75, 3.05) is 26.2 Å². The van der Waals surface area contributed by atoms with Crippen molar-refractivity contribution in [3.8, 4) is 0 Å². The molecule has 0 saturated carbocycles. The van der Waals surface area contributed by atoms with Gasteiger partial charge in [0.05, 0.1) is 16.6 Å². The first kappa shape index (κ1) is 16.4. The summed E-state index contributed by atoms with van der Waals surface area (Å²) in [4.78, 5) is 8.14. The van der Waals surface area contributed by atoms with E-state index in [1.165, 1.54) is 11.1 Å².